The van der Waals surface area contributed by atoms with Crippen LogP contribution in [0.25, 0.3) is 0 Å². The minimum Gasteiger partial charge on any atom is -0.339 e. The molecule has 0 aliphatic carbocycles. The van der Waals surface area contributed by atoms with Crippen molar-refractivity contribution in [1.29, 1.82) is 0 Å². The normalized spacial score (nSPS) is 14.8. The van der Waals surface area contributed by atoms with Crippen LogP contribution in [0.15, 0.2) is 41.8 Å². The lowest BCUT2D eigenvalue weighted by molar-refractivity contribution is -0.131. The number of hydrogen-bond acceptors (Lipinski definition) is 3. The van der Waals surface area contributed by atoms with E-state index in [-0.39, 0.29) is 11.8 Å². The van der Waals surface area contributed by atoms with Gasteiger partial charge in [0.05, 0.1) is 11.3 Å². The number of benzene rings is 1. The second-order valence-corrected chi connectivity index (χ2v) is 6.77. The molecular formula is C17H17ClN2O2S. The molecule has 1 aliphatic rings. The molecule has 4 nitrogen and oxygen atoms in total. The summed E-state index contributed by atoms with van der Waals surface area (Å²) in [6.45, 7) is 2.29. The van der Waals surface area contributed by atoms with Crippen molar-refractivity contribution in [2.45, 2.75) is 6.42 Å². The first-order valence-corrected chi connectivity index (χ1v) is 8.75. The van der Waals surface area contributed by atoms with Gasteiger partial charge in [-0.15, -0.1) is 11.3 Å². The van der Waals surface area contributed by atoms with Crippen molar-refractivity contribution >= 4 is 34.8 Å². The summed E-state index contributed by atoms with van der Waals surface area (Å²) in [5.74, 6) is 0.111. The van der Waals surface area contributed by atoms with Crippen molar-refractivity contribution in [3.63, 3.8) is 0 Å². The van der Waals surface area contributed by atoms with Gasteiger partial charge in [-0.2, -0.15) is 0 Å². The van der Waals surface area contributed by atoms with Crippen molar-refractivity contribution < 1.29 is 9.59 Å². The van der Waals surface area contributed by atoms with Gasteiger partial charge < -0.3 is 9.80 Å². The third kappa shape index (κ3) is 3.74. The van der Waals surface area contributed by atoms with Crippen LogP contribution >= 0.6 is 22.9 Å². The molecule has 2 aromatic rings. The lowest BCUT2D eigenvalue weighted by Gasteiger charge is -2.34. The molecule has 0 spiro atoms. The van der Waals surface area contributed by atoms with Crippen LogP contribution in [0, 0.1) is 0 Å². The molecule has 1 aliphatic heterocycles. The Morgan fingerprint density at radius 3 is 2.35 bits per heavy atom. The molecule has 23 heavy (non-hydrogen) atoms. The van der Waals surface area contributed by atoms with E-state index in [9.17, 15) is 9.59 Å². The molecule has 2 heterocycles. The number of carbonyl (C=O) groups excluding carboxylic acids is 2. The monoisotopic (exact) mass is 348 g/mol. The van der Waals surface area contributed by atoms with Gasteiger partial charge in [0.1, 0.15) is 0 Å². The molecule has 3 rings (SSSR count). The molecule has 0 N–H and O–H groups in total. The van der Waals surface area contributed by atoms with E-state index >= 15 is 0 Å². The molecule has 1 aromatic heterocycles. The molecule has 6 heteroatoms. The summed E-state index contributed by atoms with van der Waals surface area (Å²) in [4.78, 5) is 29.0. The number of piperazine rings is 1. The molecule has 2 amide bonds. The van der Waals surface area contributed by atoms with Gasteiger partial charge in [-0.25, -0.2) is 0 Å². The van der Waals surface area contributed by atoms with Crippen LogP contribution in [0.4, 0.5) is 0 Å². The number of halogens is 1. The van der Waals surface area contributed by atoms with Gasteiger partial charge in [0.25, 0.3) is 5.91 Å². The van der Waals surface area contributed by atoms with Crippen molar-refractivity contribution in [3.8, 4) is 0 Å². The van der Waals surface area contributed by atoms with E-state index in [2.05, 4.69) is 0 Å². The number of carbonyl (C=O) groups is 2. The first kappa shape index (κ1) is 16.0. The van der Waals surface area contributed by atoms with Gasteiger partial charge in [0, 0.05) is 31.2 Å². The van der Waals surface area contributed by atoms with Crippen LogP contribution in [0.3, 0.4) is 0 Å². The van der Waals surface area contributed by atoms with Gasteiger partial charge >= 0.3 is 0 Å². The molecule has 0 unspecified atom stereocenters. The van der Waals surface area contributed by atoms with E-state index in [1.165, 1.54) is 11.3 Å². The fourth-order valence-electron chi connectivity index (χ4n) is 2.63. The fourth-order valence-corrected chi connectivity index (χ4v) is 3.52. The number of thiophene rings is 1. The molecule has 1 aromatic carbocycles. The van der Waals surface area contributed by atoms with Gasteiger partial charge in [0.15, 0.2) is 0 Å². The molecule has 120 valence electrons. The van der Waals surface area contributed by atoms with Crippen LogP contribution in [-0.4, -0.2) is 47.8 Å². The Morgan fingerprint density at radius 1 is 1.00 bits per heavy atom. The molecule has 0 bridgehead atoms. The Kier molecular flexibility index (Phi) is 4.98. The highest BCUT2D eigenvalue weighted by Crippen LogP contribution is 2.18. The Bertz CT molecular complexity index is 694. The SMILES string of the molecule is O=C(Cc1ccccc1Cl)N1CCN(C(=O)c2cccs2)CC1. The maximum absolute atomic E-state index is 12.4. The summed E-state index contributed by atoms with van der Waals surface area (Å²) in [6, 6.07) is 11.1. The van der Waals surface area contributed by atoms with E-state index in [4.69, 9.17) is 11.6 Å². The van der Waals surface area contributed by atoms with Crippen LogP contribution < -0.4 is 0 Å². The predicted octanol–water partition coefficient (Wildman–Crippen LogP) is 2.93. The summed E-state index contributed by atoms with van der Waals surface area (Å²) in [6.07, 6.45) is 0.304. The van der Waals surface area contributed by atoms with Crippen molar-refractivity contribution in [2.75, 3.05) is 26.2 Å². The smallest absolute Gasteiger partial charge is 0.264 e. The van der Waals surface area contributed by atoms with Crippen LogP contribution in [0.5, 0.6) is 0 Å². The highest BCUT2D eigenvalue weighted by molar-refractivity contribution is 7.12. The number of amides is 2. The summed E-state index contributed by atoms with van der Waals surface area (Å²) < 4.78 is 0. The third-order valence-corrected chi connectivity index (χ3v) is 5.18. The third-order valence-electron chi connectivity index (χ3n) is 3.95. The van der Waals surface area contributed by atoms with Crippen LogP contribution in [0.1, 0.15) is 15.2 Å². The highest BCUT2D eigenvalue weighted by atomic mass is 35.5. The van der Waals surface area contributed by atoms with Gasteiger partial charge in [-0.05, 0) is 23.1 Å². The van der Waals surface area contributed by atoms with E-state index < -0.39 is 0 Å². The highest BCUT2D eigenvalue weighted by Gasteiger charge is 2.25. The van der Waals surface area contributed by atoms with Crippen LogP contribution in [-0.2, 0) is 11.2 Å². The van der Waals surface area contributed by atoms with Crippen LogP contribution in [0.2, 0.25) is 5.02 Å². The standard InChI is InChI=1S/C17H17ClN2O2S/c18-14-5-2-1-4-13(14)12-16(21)19-7-9-20(10-8-19)17(22)15-6-3-11-23-15/h1-6,11H,7-10,12H2. The Hall–Kier alpha value is -1.85. The zero-order valence-electron chi connectivity index (χ0n) is 12.6. The number of nitrogens with zero attached hydrogens (tertiary/aromatic N) is 2. The zero-order valence-corrected chi connectivity index (χ0v) is 14.1. The lowest BCUT2D eigenvalue weighted by atomic mass is 10.1. The average molecular weight is 349 g/mol. The van der Waals surface area contributed by atoms with E-state index in [1.807, 2.05) is 45.5 Å². The summed E-state index contributed by atoms with van der Waals surface area (Å²) in [5, 5.41) is 2.52. The lowest BCUT2D eigenvalue weighted by Crippen LogP contribution is -2.50. The van der Waals surface area contributed by atoms with Crippen molar-refractivity contribution in [2.24, 2.45) is 0 Å². The van der Waals surface area contributed by atoms with Crippen molar-refractivity contribution in [1.82, 2.24) is 9.80 Å². The summed E-state index contributed by atoms with van der Waals surface area (Å²) >= 11 is 7.56. The predicted molar refractivity (Wildman–Crippen MR) is 92.0 cm³/mol. The topological polar surface area (TPSA) is 40.6 Å². The summed E-state index contributed by atoms with van der Waals surface area (Å²) in [5.41, 5.74) is 0.844. The van der Waals surface area contributed by atoms with E-state index in [0.29, 0.717) is 37.6 Å². The first-order valence-electron chi connectivity index (χ1n) is 7.49. The van der Waals surface area contributed by atoms with Gasteiger partial charge in [-0.1, -0.05) is 35.9 Å². The van der Waals surface area contributed by atoms with Gasteiger partial charge in [-0.3, -0.25) is 9.59 Å². The molecule has 0 saturated carbocycles. The largest absolute Gasteiger partial charge is 0.339 e. The number of hydrogen-bond donors (Lipinski definition) is 0. The average Bonchev–Trinajstić information content (AvgIpc) is 3.11. The minimum atomic E-state index is 0.0539. The maximum Gasteiger partial charge on any atom is 0.264 e. The molecular weight excluding hydrogens is 332 g/mol. The summed E-state index contributed by atoms with van der Waals surface area (Å²) in [7, 11) is 0. The Morgan fingerprint density at radius 2 is 1.70 bits per heavy atom. The quantitative estimate of drug-likeness (QED) is 0.855. The Balaban J connectivity index is 1.55. The molecule has 1 saturated heterocycles. The van der Waals surface area contributed by atoms with Gasteiger partial charge in [0.2, 0.25) is 5.91 Å². The fraction of sp³-hybridized carbons (Fsp3) is 0.294. The first-order chi connectivity index (χ1) is 11.1. The van der Waals surface area contributed by atoms with E-state index in [1.54, 1.807) is 6.07 Å². The maximum atomic E-state index is 12.4. The van der Waals surface area contributed by atoms with Crippen molar-refractivity contribution in [3.05, 3.63) is 57.2 Å². The number of rotatable bonds is 3. The van der Waals surface area contributed by atoms with E-state index in [0.717, 1.165) is 10.4 Å². The molecule has 0 radical (unpaired) electrons. The molecule has 0 atom stereocenters. The minimum absolute atomic E-state index is 0.0539. The zero-order chi connectivity index (χ0) is 16.2. The second kappa shape index (κ2) is 7.15. The molecule has 1 fully saturated rings. The second-order valence-electron chi connectivity index (χ2n) is 5.42. The Labute approximate surface area is 144 Å².